The van der Waals surface area contributed by atoms with Gasteiger partial charge in [-0.15, -0.1) is 10.2 Å². The van der Waals surface area contributed by atoms with E-state index in [1.165, 1.54) is 11.3 Å². The van der Waals surface area contributed by atoms with Crippen LogP contribution in [-0.4, -0.2) is 58.4 Å². The van der Waals surface area contributed by atoms with Gasteiger partial charge in [-0.2, -0.15) is 18.3 Å². The van der Waals surface area contributed by atoms with Crippen molar-refractivity contribution >= 4 is 54.7 Å². The van der Waals surface area contributed by atoms with Crippen molar-refractivity contribution in [3.8, 4) is 10.6 Å². The minimum absolute atomic E-state index is 0.0606. The zero-order valence-electron chi connectivity index (χ0n) is 17.6. The molecule has 4 rings (SSSR count). The van der Waals surface area contributed by atoms with Crippen molar-refractivity contribution in [1.29, 1.82) is 0 Å². The van der Waals surface area contributed by atoms with Crippen molar-refractivity contribution in [3.63, 3.8) is 0 Å². The third-order valence-corrected chi connectivity index (χ3v) is 6.34. The van der Waals surface area contributed by atoms with Gasteiger partial charge in [0.15, 0.2) is 0 Å². The Morgan fingerprint density at radius 2 is 1.89 bits per heavy atom. The van der Waals surface area contributed by atoms with Gasteiger partial charge in [0, 0.05) is 28.9 Å². The van der Waals surface area contributed by atoms with E-state index in [0.717, 1.165) is 22.2 Å². The summed E-state index contributed by atoms with van der Waals surface area (Å²) in [4.78, 5) is 8.90. The number of alkyl halides is 3. The molecule has 0 unspecified atom stereocenters. The average molecular weight is 530 g/mol. The van der Waals surface area contributed by atoms with Gasteiger partial charge in [0.1, 0.15) is 5.01 Å². The molecule has 0 radical (unpaired) electrons. The predicted octanol–water partition coefficient (Wildman–Crippen LogP) is 3.16. The molecule has 0 spiro atoms. The second kappa shape index (κ2) is 10.7. The van der Waals surface area contributed by atoms with Crippen LogP contribution in [0.25, 0.3) is 21.5 Å². The van der Waals surface area contributed by atoms with Crippen LogP contribution in [-0.2, 0) is 14.8 Å². The number of hydrogen-bond donors (Lipinski definition) is 5. The molecule has 0 aliphatic heterocycles. The molecule has 0 fully saturated rings. The summed E-state index contributed by atoms with van der Waals surface area (Å²) >= 11 is 1.37. The van der Waals surface area contributed by atoms with E-state index < -0.39 is 22.2 Å². The molecule has 0 atom stereocenters. The van der Waals surface area contributed by atoms with Crippen molar-refractivity contribution in [2.45, 2.75) is 6.18 Å². The van der Waals surface area contributed by atoms with Crippen LogP contribution >= 0.6 is 11.3 Å². The summed E-state index contributed by atoms with van der Waals surface area (Å²) in [6, 6.07) is 12.8. The van der Waals surface area contributed by atoms with Gasteiger partial charge in [-0.05, 0) is 30.3 Å². The maximum atomic E-state index is 11.9. The molecule has 11 nitrogen and oxygen atoms in total. The molecule has 0 aliphatic carbocycles. The molecule has 4 aromatic rings. The number of anilines is 3. The fourth-order valence-corrected chi connectivity index (χ4v) is 4.29. The Balaban J connectivity index is 0.000000429. The zero-order valence-corrected chi connectivity index (χ0v) is 19.2. The zero-order chi connectivity index (χ0) is 25.6. The first-order valence-corrected chi connectivity index (χ1v) is 12.1. The number of rotatable bonds is 7. The van der Waals surface area contributed by atoms with Crippen LogP contribution in [0.4, 0.5) is 29.7 Å². The molecule has 2 aromatic heterocycles. The van der Waals surface area contributed by atoms with E-state index in [4.69, 9.17) is 15.6 Å². The number of carboxylic acids is 1. The number of nitrogens with one attached hydrogen (secondary N) is 3. The Bertz CT molecular complexity index is 1420. The molecule has 16 heteroatoms. The lowest BCUT2D eigenvalue weighted by Crippen LogP contribution is -2.22. The molecule has 2 heterocycles. The normalized spacial score (nSPS) is 11.5. The number of nitrogens with two attached hydrogens (primary N) is 1. The number of carboxylic acid groups (broad SMARTS) is 1. The summed E-state index contributed by atoms with van der Waals surface area (Å²) in [6.45, 7) is 0.0606. The number of carbonyl (C=O) groups is 1. The number of benzene rings is 2. The number of aliphatic carboxylic acids is 1. The van der Waals surface area contributed by atoms with E-state index in [1.807, 2.05) is 24.3 Å². The maximum absolute atomic E-state index is 11.9. The summed E-state index contributed by atoms with van der Waals surface area (Å²) in [6.07, 6.45) is -3.33. The Morgan fingerprint density at radius 3 is 2.57 bits per heavy atom. The monoisotopic (exact) mass is 529 g/mol. The van der Waals surface area contributed by atoms with E-state index in [-0.39, 0.29) is 12.3 Å². The van der Waals surface area contributed by atoms with Crippen LogP contribution in [0.3, 0.4) is 0 Å². The van der Waals surface area contributed by atoms with Crippen LogP contribution < -0.4 is 15.8 Å². The van der Waals surface area contributed by atoms with Crippen LogP contribution in [0, 0.1) is 0 Å². The minimum atomic E-state index is -5.08. The van der Waals surface area contributed by atoms with E-state index in [2.05, 4.69) is 30.4 Å². The van der Waals surface area contributed by atoms with E-state index in [1.54, 1.807) is 24.4 Å². The Kier molecular flexibility index (Phi) is 7.88. The molecule has 0 aliphatic rings. The van der Waals surface area contributed by atoms with Crippen LogP contribution in [0.5, 0.6) is 0 Å². The highest BCUT2D eigenvalue weighted by atomic mass is 32.2. The standard InChI is InChI=1S/C17H17N7O2S2.C2HF3O2/c18-6-7-28(25,26)24-14-3-1-2-11(8-14)16-22-23-17(27-16)20-13-4-5-15-12(9-13)10-19-21-15;3-2(4,5)1(6)7/h1-5,8-10,24H,6-7,18H2,(H,19,21)(H,20,23);(H,6,7). The quantitative estimate of drug-likeness (QED) is 0.241. The molecule has 0 amide bonds. The number of sulfonamides is 1. The lowest BCUT2D eigenvalue weighted by molar-refractivity contribution is -0.192. The number of aromatic nitrogens is 4. The molecular formula is C19H18F3N7O4S2. The van der Waals surface area contributed by atoms with Gasteiger partial charge < -0.3 is 16.2 Å². The van der Waals surface area contributed by atoms with Gasteiger partial charge in [0.25, 0.3) is 0 Å². The Labute approximate surface area is 200 Å². The fraction of sp³-hybridized carbons (Fsp3) is 0.158. The molecule has 6 N–H and O–H groups in total. The number of H-pyrrole nitrogens is 1. The number of fused-ring (bicyclic) bond motifs is 1. The lowest BCUT2D eigenvalue weighted by atomic mass is 10.2. The van der Waals surface area contributed by atoms with Crippen molar-refractivity contribution in [3.05, 3.63) is 48.7 Å². The van der Waals surface area contributed by atoms with Gasteiger partial charge >= 0.3 is 12.1 Å². The summed E-state index contributed by atoms with van der Waals surface area (Å²) in [7, 11) is -3.46. The average Bonchev–Trinajstić information content (AvgIpc) is 3.42. The van der Waals surface area contributed by atoms with E-state index in [9.17, 15) is 21.6 Å². The summed E-state index contributed by atoms with van der Waals surface area (Å²) < 4.78 is 58.0. The topological polar surface area (TPSA) is 176 Å². The van der Waals surface area contributed by atoms with Crippen LogP contribution in [0.2, 0.25) is 0 Å². The van der Waals surface area contributed by atoms with Gasteiger partial charge in [0.2, 0.25) is 15.2 Å². The summed E-state index contributed by atoms with van der Waals surface area (Å²) in [5.41, 5.74) is 8.39. The highest BCUT2D eigenvalue weighted by Gasteiger charge is 2.38. The molecule has 0 bridgehead atoms. The van der Waals surface area contributed by atoms with Crippen LogP contribution in [0.15, 0.2) is 48.7 Å². The third-order valence-electron chi connectivity index (χ3n) is 4.13. The lowest BCUT2D eigenvalue weighted by Gasteiger charge is -2.07. The van der Waals surface area contributed by atoms with E-state index in [0.29, 0.717) is 15.8 Å². The Hall–Kier alpha value is -3.76. The summed E-state index contributed by atoms with van der Waals surface area (Å²) in [5, 5.41) is 27.9. The third kappa shape index (κ3) is 7.36. The molecule has 2 aromatic carbocycles. The smallest absolute Gasteiger partial charge is 0.475 e. The molecule has 35 heavy (non-hydrogen) atoms. The number of aromatic amines is 1. The highest BCUT2D eigenvalue weighted by molar-refractivity contribution is 7.92. The minimum Gasteiger partial charge on any atom is -0.475 e. The van der Waals surface area contributed by atoms with Crippen molar-refractivity contribution < 1.29 is 31.5 Å². The number of hydrogen-bond acceptors (Lipinski definition) is 9. The number of halogens is 3. The van der Waals surface area contributed by atoms with Gasteiger partial charge in [-0.3, -0.25) is 9.82 Å². The molecule has 0 saturated carbocycles. The van der Waals surface area contributed by atoms with Crippen molar-refractivity contribution in [2.75, 3.05) is 22.3 Å². The fourth-order valence-electron chi connectivity index (χ4n) is 2.64. The first-order valence-electron chi connectivity index (χ1n) is 9.61. The molecule has 0 saturated heterocycles. The highest BCUT2D eigenvalue weighted by Crippen LogP contribution is 2.30. The van der Waals surface area contributed by atoms with E-state index >= 15 is 0 Å². The maximum Gasteiger partial charge on any atom is 0.490 e. The van der Waals surface area contributed by atoms with Crippen LogP contribution in [0.1, 0.15) is 0 Å². The second-order valence-electron chi connectivity index (χ2n) is 6.80. The molecule has 186 valence electrons. The SMILES string of the molecule is NCCS(=O)(=O)Nc1cccc(-c2nnc(Nc3ccc4[nH]ncc4c3)s2)c1.O=C(O)C(F)(F)F. The second-order valence-corrected chi connectivity index (χ2v) is 9.62. The summed E-state index contributed by atoms with van der Waals surface area (Å²) in [5.74, 6) is -2.89. The first-order chi connectivity index (χ1) is 16.5. The van der Waals surface area contributed by atoms with Gasteiger partial charge in [0.05, 0.1) is 17.5 Å². The number of nitrogens with zero attached hydrogens (tertiary/aromatic N) is 3. The first kappa shape index (κ1) is 25.9. The largest absolute Gasteiger partial charge is 0.490 e. The Morgan fingerprint density at radius 1 is 1.14 bits per heavy atom. The van der Waals surface area contributed by atoms with Crippen molar-refractivity contribution in [2.24, 2.45) is 5.73 Å². The van der Waals surface area contributed by atoms with Gasteiger partial charge in [-0.25, -0.2) is 13.2 Å². The van der Waals surface area contributed by atoms with Gasteiger partial charge in [-0.1, -0.05) is 23.5 Å². The van der Waals surface area contributed by atoms with Crippen molar-refractivity contribution in [1.82, 2.24) is 20.4 Å². The molecular weight excluding hydrogens is 511 g/mol. The predicted molar refractivity (Wildman–Crippen MR) is 125 cm³/mol.